The fraction of sp³-hybridized carbons (Fsp3) is 0.562. The van der Waals surface area contributed by atoms with Gasteiger partial charge in [0.15, 0.2) is 0 Å². The van der Waals surface area contributed by atoms with E-state index in [4.69, 9.17) is 0 Å². The minimum absolute atomic E-state index is 0.0315. The van der Waals surface area contributed by atoms with Crippen LogP contribution in [0.4, 0.5) is 0 Å². The summed E-state index contributed by atoms with van der Waals surface area (Å²) in [5, 5.41) is 9.26. The fourth-order valence-electron chi connectivity index (χ4n) is 2.88. The highest BCUT2D eigenvalue weighted by atomic mass is 32.2. The standard InChI is InChI=1S/C16H23NO2S/c1-3-12(4-2)17(9-10-18)16(19)14-11-20-15-8-6-5-7-13(14)15/h5-8,12,14,18H,3-4,9-11H2,1-2H3. The topological polar surface area (TPSA) is 40.5 Å². The van der Waals surface area contributed by atoms with Crippen LogP contribution in [-0.4, -0.2) is 40.9 Å². The van der Waals surface area contributed by atoms with Crippen LogP contribution in [0.25, 0.3) is 0 Å². The van der Waals surface area contributed by atoms with Gasteiger partial charge in [0.05, 0.1) is 12.5 Å². The van der Waals surface area contributed by atoms with E-state index in [9.17, 15) is 9.90 Å². The number of hydrogen-bond acceptors (Lipinski definition) is 3. The minimum Gasteiger partial charge on any atom is -0.395 e. The lowest BCUT2D eigenvalue weighted by Gasteiger charge is -2.32. The van der Waals surface area contributed by atoms with Crippen molar-refractivity contribution in [1.82, 2.24) is 4.90 Å². The van der Waals surface area contributed by atoms with Crippen molar-refractivity contribution in [3.05, 3.63) is 29.8 Å². The number of carbonyl (C=O) groups is 1. The maximum Gasteiger partial charge on any atom is 0.231 e. The van der Waals surface area contributed by atoms with Crippen molar-refractivity contribution >= 4 is 17.7 Å². The average Bonchev–Trinajstić information content (AvgIpc) is 2.91. The van der Waals surface area contributed by atoms with Gasteiger partial charge in [-0.3, -0.25) is 4.79 Å². The maximum atomic E-state index is 12.9. The molecule has 0 radical (unpaired) electrons. The van der Waals surface area contributed by atoms with Gasteiger partial charge >= 0.3 is 0 Å². The van der Waals surface area contributed by atoms with Crippen molar-refractivity contribution in [2.24, 2.45) is 0 Å². The van der Waals surface area contributed by atoms with E-state index in [0.717, 1.165) is 24.2 Å². The molecule has 0 bridgehead atoms. The molecule has 3 nitrogen and oxygen atoms in total. The Morgan fingerprint density at radius 1 is 1.40 bits per heavy atom. The quantitative estimate of drug-likeness (QED) is 0.877. The van der Waals surface area contributed by atoms with Crippen molar-refractivity contribution in [3.63, 3.8) is 0 Å². The largest absolute Gasteiger partial charge is 0.395 e. The van der Waals surface area contributed by atoms with Gasteiger partial charge in [-0.25, -0.2) is 0 Å². The molecule has 1 aliphatic heterocycles. The Morgan fingerprint density at radius 3 is 2.75 bits per heavy atom. The van der Waals surface area contributed by atoms with Crippen molar-refractivity contribution < 1.29 is 9.90 Å². The van der Waals surface area contributed by atoms with E-state index >= 15 is 0 Å². The number of nitrogens with zero attached hydrogens (tertiary/aromatic N) is 1. The second-order valence-corrected chi connectivity index (χ2v) is 6.19. The first kappa shape index (κ1) is 15.4. The first-order chi connectivity index (χ1) is 9.72. The molecule has 0 fully saturated rings. The summed E-state index contributed by atoms with van der Waals surface area (Å²) in [6.45, 7) is 4.67. The van der Waals surface area contributed by atoms with Crippen LogP contribution in [0.2, 0.25) is 0 Å². The molecule has 1 N–H and O–H groups in total. The van der Waals surface area contributed by atoms with Crippen LogP contribution in [-0.2, 0) is 4.79 Å². The van der Waals surface area contributed by atoms with Gasteiger partial charge < -0.3 is 10.0 Å². The molecule has 0 aliphatic carbocycles. The molecule has 110 valence electrons. The molecule has 0 saturated carbocycles. The molecule has 20 heavy (non-hydrogen) atoms. The normalized spacial score (nSPS) is 17.3. The van der Waals surface area contributed by atoms with Gasteiger partial charge in [-0.2, -0.15) is 0 Å². The average molecular weight is 293 g/mol. The van der Waals surface area contributed by atoms with Crippen LogP contribution >= 0.6 is 11.8 Å². The third-order valence-electron chi connectivity index (χ3n) is 4.01. The lowest BCUT2D eigenvalue weighted by atomic mass is 9.98. The summed E-state index contributed by atoms with van der Waals surface area (Å²) < 4.78 is 0. The second-order valence-electron chi connectivity index (χ2n) is 5.13. The van der Waals surface area contributed by atoms with Gasteiger partial charge in [-0.05, 0) is 24.5 Å². The second kappa shape index (κ2) is 7.14. The number of rotatable bonds is 6. The van der Waals surface area contributed by atoms with Crippen molar-refractivity contribution in [3.8, 4) is 0 Å². The molecule has 1 aromatic rings. The number of hydrogen-bond donors (Lipinski definition) is 1. The van der Waals surface area contributed by atoms with E-state index < -0.39 is 0 Å². The minimum atomic E-state index is -0.0525. The van der Waals surface area contributed by atoms with Crippen LogP contribution < -0.4 is 0 Å². The summed E-state index contributed by atoms with van der Waals surface area (Å²) in [7, 11) is 0. The number of amides is 1. The van der Waals surface area contributed by atoms with Gasteiger partial charge in [0, 0.05) is 23.2 Å². The van der Waals surface area contributed by atoms with Gasteiger partial charge in [0.2, 0.25) is 5.91 Å². The fourth-order valence-corrected chi connectivity index (χ4v) is 4.10. The molecule has 1 aliphatic rings. The number of aliphatic hydroxyl groups excluding tert-OH is 1. The van der Waals surface area contributed by atoms with E-state index in [1.54, 1.807) is 11.8 Å². The predicted molar refractivity (Wildman–Crippen MR) is 83.1 cm³/mol. The molecule has 1 atom stereocenters. The van der Waals surface area contributed by atoms with Crippen molar-refractivity contribution in [1.29, 1.82) is 0 Å². The Bertz CT molecular complexity index is 460. The first-order valence-corrected chi connectivity index (χ1v) is 8.34. The predicted octanol–water partition coefficient (Wildman–Crippen LogP) is 2.89. The van der Waals surface area contributed by atoms with Crippen LogP contribution in [0.5, 0.6) is 0 Å². The molecule has 1 amide bonds. The molecule has 1 heterocycles. The zero-order valence-electron chi connectivity index (χ0n) is 12.2. The third-order valence-corrected chi connectivity index (χ3v) is 5.19. The van der Waals surface area contributed by atoms with Gasteiger partial charge in [-0.1, -0.05) is 32.0 Å². The Kier molecular flexibility index (Phi) is 5.49. The summed E-state index contributed by atoms with van der Waals surface area (Å²) in [6, 6.07) is 8.39. The highest BCUT2D eigenvalue weighted by Crippen LogP contribution is 2.40. The van der Waals surface area contributed by atoms with Gasteiger partial charge in [0.1, 0.15) is 0 Å². The Morgan fingerprint density at radius 2 is 2.10 bits per heavy atom. The monoisotopic (exact) mass is 293 g/mol. The number of carbonyl (C=O) groups excluding carboxylic acids is 1. The van der Waals surface area contributed by atoms with E-state index in [1.165, 1.54) is 4.90 Å². The van der Waals surface area contributed by atoms with Crippen LogP contribution in [0.15, 0.2) is 29.2 Å². The molecule has 0 saturated heterocycles. The zero-order chi connectivity index (χ0) is 14.5. The summed E-state index contributed by atoms with van der Waals surface area (Å²) >= 11 is 1.76. The smallest absolute Gasteiger partial charge is 0.231 e. The Balaban J connectivity index is 2.20. The van der Waals surface area contributed by atoms with E-state index in [-0.39, 0.29) is 24.5 Å². The third kappa shape index (κ3) is 3.01. The zero-order valence-corrected chi connectivity index (χ0v) is 13.0. The summed E-state index contributed by atoms with van der Waals surface area (Å²) in [4.78, 5) is 16.0. The van der Waals surface area contributed by atoms with Gasteiger partial charge in [-0.15, -0.1) is 11.8 Å². The molecule has 4 heteroatoms. The molecule has 0 spiro atoms. The summed E-state index contributed by atoms with van der Waals surface area (Å²) in [5.74, 6) is 0.939. The summed E-state index contributed by atoms with van der Waals surface area (Å²) in [5.41, 5.74) is 1.15. The van der Waals surface area contributed by atoms with Crippen molar-refractivity contribution in [2.75, 3.05) is 18.9 Å². The van der Waals surface area contributed by atoms with Crippen LogP contribution in [0.1, 0.15) is 38.2 Å². The highest BCUT2D eigenvalue weighted by Gasteiger charge is 2.33. The molecule has 2 rings (SSSR count). The molecular weight excluding hydrogens is 270 g/mol. The number of benzene rings is 1. The Hall–Kier alpha value is -1.00. The molecule has 0 aromatic heterocycles. The lowest BCUT2D eigenvalue weighted by molar-refractivity contribution is -0.135. The van der Waals surface area contributed by atoms with Crippen molar-refractivity contribution in [2.45, 2.75) is 43.5 Å². The van der Waals surface area contributed by atoms with E-state index in [0.29, 0.717) is 6.54 Å². The van der Waals surface area contributed by atoms with E-state index in [2.05, 4.69) is 26.0 Å². The number of thioether (sulfide) groups is 1. The number of aliphatic hydroxyl groups is 1. The lowest BCUT2D eigenvalue weighted by Crippen LogP contribution is -2.44. The molecular formula is C16H23NO2S. The number of fused-ring (bicyclic) bond motifs is 1. The molecule has 1 aromatic carbocycles. The van der Waals surface area contributed by atoms with Gasteiger partial charge in [0.25, 0.3) is 0 Å². The maximum absolute atomic E-state index is 12.9. The highest BCUT2D eigenvalue weighted by molar-refractivity contribution is 7.99. The molecule has 1 unspecified atom stereocenters. The summed E-state index contributed by atoms with van der Waals surface area (Å²) in [6.07, 6.45) is 1.87. The van der Waals surface area contributed by atoms with E-state index in [1.807, 2.05) is 17.0 Å². The van der Waals surface area contributed by atoms with Crippen LogP contribution in [0.3, 0.4) is 0 Å². The Labute approximate surface area is 125 Å². The van der Waals surface area contributed by atoms with Crippen LogP contribution in [0, 0.1) is 0 Å². The first-order valence-electron chi connectivity index (χ1n) is 7.35. The SMILES string of the molecule is CCC(CC)N(CCO)C(=O)C1CSc2ccccc21.